The number of rotatable bonds is 3. The van der Waals surface area contributed by atoms with E-state index in [-0.39, 0.29) is 11.3 Å². The standard InChI is InChI=1S/C16H21N3OS/c1-16(2,11-6-5-9-17-10-11)14(20)19-15-18-12-7-3-4-8-13(12)21-15/h3-4,7-8,11,17H,5-6,9-10H2,1-2H3,(H,18,19,20). The van der Waals surface area contributed by atoms with E-state index in [1.54, 1.807) is 0 Å². The molecule has 0 radical (unpaired) electrons. The molecule has 1 aromatic heterocycles. The topological polar surface area (TPSA) is 54.0 Å². The number of benzene rings is 1. The van der Waals surface area contributed by atoms with Gasteiger partial charge >= 0.3 is 0 Å². The van der Waals surface area contributed by atoms with Gasteiger partial charge in [-0.3, -0.25) is 4.79 Å². The number of thiazole rings is 1. The first-order chi connectivity index (χ1) is 10.1. The zero-order chi connectivity index (χ0) is 14.9. The molecule has 0 aliphatic carbocycles. The number of hydrogen-bond acceptors (Lipinski definition) is 4. The monoisotopic (exact) mass is 303 g/mol. The van der Waals surface area contributed by atoms with Gasteiger partial charge in [0.2, 0.25) is 5.91 Å². The SMILES string of the molecule is CC(C)(C(=O)Nc1nc2ccccc2s1)C1CCCNC1. The molecule has 2 N–H and O–H groups in total. The maximum atomic E-state index is 12.6. The maximum Gasteiger partial charge on any atom is 0.232 e. The lowest BCUT2D eigenvalue weighted by molar-refractivity contribution is -0.127. The summed E-state index contributed by atoms with van der Waals surface area (Å²) in [6, 6.07) is 7.95. The van der Waals surface area contributed by atoms with Crippen LogP contribution in [0, 0.1) is 11.3 Å². The minimum Gasteiger partial charge on any atom is -0.316 e. The molecule has 0 bridgehead atoms. The van der Waals surface area contributed by atoms with E-state index in [9.17, 15) is 4.79 Å². The summed E-state index contributed by atoms with van der Waals surface area (Å²) in [5.74, 6) is 0.441. The van der Waals surface area contributed by atoms with Crippen molar-refractivity contribution in [2.45, 2.75) is 26.7 Å². The number of para-hydroxylation sites is 1. The van der Waals surface area contributed by atoms with Gasteiger partial charge in [0, 0.05) is 5.41 Å². The lowest BCUT2D eigenvalue weighted by Gasteiger charge is -2.35. The van der Waals surface area contributed by atoms with Gasteiger partial charge in [-0.15, -0.1) is 0 Å². The summed E-state index contributed by atoms with van der Waals surface area (Å²) >= 11 is 1.53. The highest BCUT2D eigenvalue weighted by molar-refractivity contribution is 7.22. The van der Waals surface area contributed by atoms with Crippen molar-refractivity contribution in [2.75, 3.05) is 18.4 Å². The quantitative estimate of drug-likeness (QED) is 0.915. The van der Waals surface area contributed by atoms with Gasteiger partial charge in [-0.05, 0) is 44.0 Å². The Morgan fingerprint density at radius 1 is 1.43 bits per heavy atom. The van der Waals surface area contributed by atoms with Gasteiger partial charge in [-0.1, -0.05) is 37.3 Å². The number of nitrogens with one attached hydrogen (secondary N) is 2. The number of fused-ring (bicyclic) bond motifs is 1. The lowest BCUT2D eigenvalue weighted by atomic mass is 9.74. The Hall–Kier alpha value is -1.46. The first-order valence-corrected chi connectivity index (χ1v) is 8.27. The maximum absolute atomic E-state index is 12.6. The molecular weight excluding hydrogens is 282 g/mol. The molecule has 5 heteroatoms. The predicted octanol–water partition coefficient (Wildman–Crippen LogP) is 3.26. The molecule has 0 spiro atoms. The molecule has 2 aromatic rings. The van der Waals surface area contributed by atoms with Crippen LogP contribution in [-0.4, -0.2) is 24.0 Å². The molecule has 1 amide bonds. The third kappa shape index (κ3) is 2.94. The predicted molar refractivity (Wildman–Crippen MR) is 87.6 cm³/mol. The number of anilines is 1. The van der Waals surface area contributed by atoms with E-state index in [0.29, 0.717) is 11.0 Å². The summed E-state index contributed by atoms with van der Waals surface area (Å²) in [5.41, 5.74) is 0.556. The number of carbonyl (C=O) groups is 1. The molecular formula is C16H21N3OS. The molecule has 1 unspecified atom stereocenters. The van der Waals surface area contributed by atoms with Crippen LogP contribution in [-0.2, 0) is 4.79 Å². The molecule has 3 rings (SSSR count). The Bertz CT molecular complexity index is 611. The first-order valence-electron chi connectivity index (χ1n) is 7.45. The fraction of sp³-hybridized carbons (Fsp3) is 0.500. The second-order valence-corrected chi connectivity index (χ2v) is 7.24. The molecule has 1 atom stereocenters. The van der Waals surface area contributed by atoms with Crippen LogP contribution >= 0.6 is 11.3 Å². The van der Waals surface area contributed by atoms with Crippen molar-refractivity contribution >= 4 is 32.6 Å². The highest BCUT2D eigenvalue weighted by Crippen LogP contribution is 2.34. The Labute approximate surface area is 129 Å². The number of piperidine rings is 1. The van der Waals surface area contributed by atoms with Crippen LogP contribution in [0.4, 0.5) is 5.13 Å². The first kappa shape index (κ1) is 14.5. The van der Waals surface area contributed by atoms with Crippen LogP contribution in [0.15, 0.2) is 24.3 Å². The smallest absolute Gasteiger partial charge is 0.232 e. The fourth-order valence-corrected chi connectivity index (χ4v) is 3.70. The van der Waals surface area contributed by atoms with Crippen LogP contribution < -0.4 is 10.6 Å². The molecule has 112 valence electrons. The Morgan fingerprint density at radius 2 is 2.24 bits per heavy atom. The van der Waals surface area contributed by atoms with Gasteiger partial charge in [0.25, 0.3) is 0 Å². The van der Waals surface area contributed by atoms with Crippen molar-refractivity contribution < 1.29 is 4.79 Å². The number of hydrogen-bond donors (Lipinski definition) is 2. The Balaban J connectivity index is 1.75. The number of aromatic nitrogens is 1. The van der Waals surface area contributed by atoms with E-state index in [0.717, 1.165) is 36.1 Å². The van der Waals surface area contributed by atoms with Gasteiger partial charge in [0.15, 0.2) is 5.13 Å². The molecule has 21 heavy (non-hydrogen) atoms. The van der Waals surface area contributed by atoms with Crippen molar-refractivity contribution in [3.05, 3.63) is 24.3 Å². The minimum absolute atomic E-state index is 0.0651. The van der Waals surface area contributed by atoms with E-state index in [2.05, 4.69) is 15.6 Å². The van der Waals surface area contributed by atoms with Gasteiger partial charge in [-0.2, -0.15) is 0 Å². The number of carbonyl (C=O) groups excluding carboxylic acids is 1. The molecule has 1 aliphatic rings. The van der Waals surface area contributed by atoms with Crippen molar-refractivity contribution in [3.63, 3.8) is 0 Å². The molecule has 1 aromatic carbocycles. The largest absolute Gasteiger partial charge is 0.316 e. The third-order valence-electron chi connectivity index (χ3n) is 4.42. The highest BCUT2D eigenvalue weighted by Gasteiger charge is 2.37. The van der Waals surface area contributed by atoms with Crippen LogP contribution in [0.3, 0.4) is 0 Å². The average Bonchev–Trinajstić information content (AvgIpc) is 2.90. The van der Waals surface area contributed by atoms with Gasteiger partial charge in [0.05, 0.1) is 10.2 Å². The van der Waals surface area contributed by atoms with Crippen molar-refractivity contribution in [3.8, 4) is 0 Å². The Kier molecular flexibility index (Phi) is 3.95. The average molecular weight is 303 g/mol. The lowest BCUT2D eigenvalue weighted by Crippen LogP contribution is -2.44. The van der Waals surface area contributed by atoms with Crippen LogP contribution in [0.1, 0.15) is 26.7 Å². The zero-order valence-electron chi connectivity index (χ0n) is 12.5. The van der Waals surface area contributed by atoms with Gasteiger partial charge in [0.1, 0.15) is 0 Å². The molecule has 1 aliphatic heterocycles. The van der Waals surface area contributed by atoms with Gasteiger partial charge < -0.3 is 10.6 Å². The van der Waals surface area contributed by atoms with E-state index in [1.807, 2.05) is 38.1 Å². The van der Waals surface area contributed by atoms with Crippen LogP contribution in [0.5, 0.6) is 0 Å². The Morgan fingerprint density at radius 3 is 2.95 bits per heavy atom. The van der Waals surface area contributed by atoms with E-state index in [1.165, 1.54) is 11.3 Å². The summed E-state index contributed by atoms with van der Waals surface area (Å²) in [5, 5.41) is 7.09. The number of amides is 1. The van der Waals surface area contributed by atoms with Gasteiger partial charge in [-0.25, -0.2) is 4.98 Å². The van der Waals surface area contributed by atoms with E-state index >= 15 is 0 Å². The molecule has 2 heterocycles. The second-order valence-electron chi connectivity index (χ2n) is 6.21. The van der Waals surface area contributed by atoms with E-state index < -0.39 is 0 Å². The minimum atomic E-state index is -0.384. The van der Waals surface area contributed by atoms with Crippen molar-refractivity contribution in [1.29, 1.82) is 0 Å². The molecule has 4 nitrogen and oxygen atoms in total. The number of nitrogens with zero attached hydrogens (tertiary/aromatic N) is 1. The summed E-state index contributed by atoms with van der Waals surface area (Å²) in [6.07, 6.45) is 2.25. The summed E-state index contributed by atoms with van der Waals surface area (Å²) in [7, 11) is 0. The molecule has 1 fully saturated rings. The van der Waals surface area contributed by atoms with Crippen molar-refractivity contribution in [2.24, 2.45) is 11.3 Å². The normalized spacial score (nSPS) is 19.6. The highest BCUT2D eigenvalue weighted by atomic mass is 32.1. The second kappa shape index (κ2) is 5.73. The van der Waals surface area contributed by atoms with E-state index in [4.69, 9.17) is 0 Å². The molecule has 1 saturated heterocycles. The summed E-state index contributed by atoms with van der Waals surface area (Å²) in [4.78, 5) is 17.1. The summed E-state index contributed by atoms with van der Waals surface area (Å²) < 4.78 is 1.10. The fourth-order valence-electron chi connectivity index (χ4n) is 2.84. The zero-order valence-corrected chi connectivity index (χ0v) is 13.3. The summed E-state index contributed by atoms with van der Waals surface area (Å²) in [6.45, 7) is 6.05. The van der Waals surface area contributed by atoms with Crippen molar-refractivity contribution in [1.82, 2.24) is 10.3 Å². The molecule has 0 saturated carbocycles. The third-order valence-corrected chi connectivity index (χ3v) is 5.37. The van der Waals surface area contributed by atoms with Crippen LogP contribution in [0.25, 0.3) is 10.2 Å². The van der Waals surface area contributed by atoms with Crippen LogP contribution in [0.2, 0.25) is 0 Å².